The smallest absolute Gasteiger partial charge is 0.251 e. The highest BCUT2D eigenvalue weighted by Gasteiger charge is 2.06. The lowest BCUT2D eigenvalue weighted by Crippen LogP contribution is -2.27. The van der Waals surface area contributed by atoms with E-state index in [1.807, 2.05) is 38.2 Å². The molecular weight excluding hydrogens is 306 g/mol. The van der Waals surface area contributed by atoms with Crippen molar-refractivity contribution in [1.29, 1.82) is 0 Å². The van der Waals surface area contributed by atoms with E-state index < -0.39 is 0 Å². The summed E-state index contributed by atoms with van der Waals surface area (Å²) in [6, 6.07) is 5.73. The minimum absolute atomic E-state index is 0.0469. The van der Waals surface area contributed by atoms with Gasteiger partial charge in [-0.25, -0.2) is 0 Å². The number of aryl methyl sites for hydroxylation is 2. The van der Waals surface area contributed by atoms with E-state index in [1.54, 1.807) is 10.9 Å². The van der Waals surface area contributed by atoms with Gasteiger partial charge in [-0.3, -0.25) is 9.48 Å². The van der Waals surface area contributed by atoms with Gasteiger partial charge < -0.3 is 5.32 Å². The summed E-state index contributed by atoms with van der Waals surface area (Å²) in [6.45, 7) is 5.25. The lowest BCUT2D eigenvalue weighted by Gasteiger charge is -2.07. The average molecular weight is 322 g/mol. The van der Waals surface area contributed by atoms with Gasteiger partial charge in [0.1, 0.15) is 0 Å². The number of carbonyl (C=O) groups excluding carboxylic acids is 1. The Morgan fingerprint density at radius 1 is 1.37 bits per heavy atom. The van der Waals surface area contributed by atoms with E-state index in [-0.39, 0.29) is 5.91 Å². The first-order valence-electron chi connectivity index (χ1n) is 6.09. The van der Waals surface area contributed by atoms with E-state index in [2.05, 4.69) is 26.3 Å². The van der Waals surface area contributed by atoms with Crippen LogP contribution in [0.25, 0.3) is 0 Å². The predicted molar refractivity (Wildman–Crippen MR) is 78.2 cm³/mol. The number of amides is 1. The zero-order chi connectivity index (χ0) is 13.8. The highest BCUT2D eigenvalue weighted by molar-refractivity contribution is 9.10. The fourth-order valence-corrected chi connectivity index (χ4v) is 2.06. The summed E-state index contributed by atoms with van der Waals surface area (Å²) in [5, 5.41) is 7.02. The molecule has 0 atom stereocenters. The summed E-state index contributed by atoms with van der Waals surface area (Å²) in [5.41, 5.74) is 3.02. The van der Waals surface area contributed by atoms with Crippen LogP contribution in [0, 0.1) is 13.8 Å². The number of benzene rings is 1. The topological polar surface area (TPSA) is 46.9 Å². The fraction of sp³-hybridized carbons (Fsp3) is 0.286. The fourth-order valence-electron chi connectivity index (χ4n) is 1.73. The number of nitrogens with one attached hydrogen (secondary N) is 1. The predicted octanol–water partition coefficient (Wildman–Crippen LogP) is 2.69. The molecule has 1 heterocycles. The standard InChI is InChI=1S/C14H16BrN3O/c1-10-3-4-12(7-11(10)2)14(19)16-5-6-18-9-13(15)8-17-18/h3-4,7-9H,5-6H2,1-2H3,(H,16,19). The van der Waals surface area contributed by atoms with Gasteiger partial charge >= 0.3 is 0 Å². The Morgan fingerprint density at radius 2 is 2.16 bits per heavy atom. The van der Waals surface area contributed by atoms with Crippen LogP contribution in [0.5, 0.6) is 0 Å². The summed E-state index contributed by atoms with van der Waals surface area (Å²) < 4.78 is 2.72. The van der Waals surface area contributed by atoms with Crippen molar-refractivity contribution in [1.82, 2.24) is 15.1 Å². The van der Waals surface area contributed by atoms with Gasteiger partial charge in [0, 0.05) is 18.3 Å². The van der Waals surface area contributed by atoms with Gasteiger partial charge in [0.25, 0.3) is 5.91 Å². The van der Waals surface area contributed by atoms with Gasteiger partial charge in [-0.15, -0.1) is 0 Å². The van der Waals surface area contributed by atoms with Crippen LogP contribution in [0.1, 0.15) is 21.5 Å². The Morgan fingerprint density at radius 3 is 2.79 bits per heavy atom. The molecule has 1 aromatic carbocycles. The zero-order valence-corrected chi connectivity index (χ0v) is 12.6. The lowest BCUT2D eigenvalue weighted by molar-refractivity contribution is 0.0952. The normalized spacial score (nSPS) is 10.5. The first-order chi connectivity index (χ1) is 9.06. The Kier molecular flexibility index (Phi) is 4.37. The Hall–Kier alpha value is -1.62. The molecule has 0 spiro atoms. The van der Waals surface area contributed by atoms with Gasteiger partial charge in [0.15, 0.2) is 0 Å². The number of nitrogens with zero attached hydrogens (tertiary/aromatic N) is 2. The van der Waals surface area contributed by atoms with Crippen molar-refractivity contribution in [2.45, 2.75) is 20.4 Å². The highest BCUT2D eigenvalue weighted by Crippen LogP contribution is 2.09. The van der Waals surface area contributed by atoms with Crippen molar-refractivity contribution in [2.75, 3.05) is 6.54 Å². The number of aromatic nitrogens is 2. The van der Waals surface area contributed by atoms with Crippen LogP contribution in [-0.2, 0) is 6.54 Å². The first-order valence-corrected chi connectivity index (χ1v) is 6.89. The Balaban J connectivity index is 1.89. The first kappa shape index (κ1) is 13.8. The van der Waals surface area contributed by atoms with Crippen LogP contribution in [0.2, 0.25) is 0 Å². The molecule has 0 saturated carbocycles. The van der Waals surface area contributed by atoms with Crippen molar-refractivity contribution in [2.24, 2.45) is 0 Å². The van der Waals surface area contributed by atoms with E-state index in [1.165, 1.54) is 5.56 Å². The highest BCUT2D eigenvalue weighted by atomic mass is 79.9. The second-order valence-corrected chi connectivity index (χ2v) is 5.39. The average Bonchev–Trinajstić information content (AvgIpc) is 2.78. The zero-order valence-electron chi connectivity index (χ0n) is 11.0. The van der Waals surface area contributed by atoms with E-state index in [0.717, 1.165) is 10.0 Å². The van der Waals surface area contributed by atoms with Crippen molar-refractivity contribution in [3.8, 4) is 0 Å². The van der Waals surface area contributed by atoms with Crippen LogP contribution < -0.4 is 5.32 Å². The maximum atomic E-state index is 12.0. The number of halogens is 1. The molecule has 0 radical (unpaired) electrons. The summed E-state index contributed by atoms with van der Waals surface area (Å²) in [5.74, 6) is -0.0469. The summed E-state index contributed by atoms with van der Waals surface area (Å²) in [4.78, 5) is 12.0. The van der Waals surface area contributed by atoms with Crippen LogP contribution in [-0.4, -0.2) is 22.2 Å². The van der Waals surface area contributed by atoms with Crippen molar-refractivity contribution in [3.63, 3.8) is 0 Å². The van der Waals surface area contributed by atoms with E-state index in [4.69, 9.17) is 0 Å². The van der Waals surface area contributed by atoms with Gasteiger partial charge in [-0.05, 0) is 53.0 Å². The molecule has 1 N–H and O–H groups in total. The molecule has 0 saturated heterocycles. The molecule has 5 heteroatoms. The second kappa shape index (κ2) is 6.02. The quantitative estimate of drug-likeness (QED) is 0.941. The Labute approximate surface area is 120 Å². The van der Waals surface area contributed by atoms with E-state index >= 15 is 0 Å². The molecule has 0 aliphatic heterocycles. The molecule has 4 nitrogen and oxygen atoms in total. The number of hydrogen-bond acceptors (Lipinski definition) is 2. The molecular formula is C14H16BrN3O. The molecule has 0 aliphatic rings. The van der Waals surface area contributed by atoms with Crippen molar-refractivity contribution in [3.05, 3.63) is 51.8 Å². The maximum absolute atomic E-state index is 12.0. The molecule has 100 valence electrons. The SMILES string of the molecule is Cc1ccc(C(=O)NCCn2cc(Br)cn2)cc1C. The molecule has 0 fully saturated rings. The third-order valence-electron chi connectivity index (χ3n) is 3.00. The van der Waals surface area contributed by atoms with Gasteiger partial charge in [0.05, 0.1) is 17.2 Å². The van der Waals surface area contributed by atoms with Crippen LogP contribution in [0.15, 0.2) is 35.1 Å². The molecule has 2 rings (SSSR count). The van der Waals surface area contributed by atoms with Crippen LogP contribution in [0.4, 0.5) is 0 Å². The monoisotopic (exact) mass is 321 g/mol. The summed E-state index contributed by atoms with van der Waals surface area (Å²) >= 11 is 3.33. The molecule has 1 amide bonds. The summed E-state index contributed by atoms with van der Waals surface area (Å²) in [7, 11) is 0. The van der Waals surface area contributed by atoms with E-state index in [0.29, 0.717) is 18.7 Å². The summed E-state index contributed by atoms with van der Waals surface area (Å²) in [6.07, 6.45) is 3.60. The largest absolute Gasteiger partial charge is 0.350 e. The molecule has 0 unspecified atom stereocenters. The Bertz CT molecular complexity index is 592. The molecule has 0 bridgehead atoms. The minimum Gasteiger partial charge on any atom is -0.350 e. The lowest BCUT2D eigenvalue weighted by atomic mass is 10.1. The van der Waals surface area contributed by atoms with Gasteiger partial charge in [-0.2, -0.15) is 5.10 Å². The van der Waals surface area contributed by atoms with E-state index in [9.17, 15) is 4.79 Å². The van der Waals surface area contributed by atoms with Crippen LogP contribution >= 0.6 is 15.9 Å². The maximum Gasteiger partial charge on any atom is 0.251 e. The number of carbonyl (C=O) groups is 1. The van der Waals surface area contributed by atoms with Crippen molar-refractivity contribution < 1.29 is 4.79 Å². The van der Waals surface area contributed by atoms with Gasteiger partial charge in [-0.1, -0.05) is 6.07 Å². The molecule has 0 aliphatic carbocycles. The third-order valence-corrected chi connectivity index (χ3v) is 3.41. The van der Waals surface area contributed by atoms with Crippen LogP contribution in [0.3, 0.4) is 0 Å². The molecule has 2 aromatic rings. The number of rotatable bonds is 4. The third kappa shape index (κ3) is 3.67. The molecule has 19 heavy (non-hydrogen) atoms. The second-order valence-electron chi connectivity index (χ2n) is 4.48. The van der Waals surface area contributed by atoms with Gasteiger partial charge in [0.2, 0.25) is 0 Å². The number of hydrogen-bond donors (Lipinski definition) is 1. The molecule has 1 aromatic heterocycles. The van der Waals surface area contributed by atoms with Crippen molar-refractivity contribution >= 4 is 21.8 Å². The minimum atomic E-state index is -0.0469.